The molecule has 0 amide bonds. The molecule has 1 heteroatoms. The van der Waals surface area contributed by atoms with Gasteiger partial charge in [0.25, 0.3) is 0 Å². The van der Waals surface area contributed by atoms with Gasteiger partial charge in [-0.15, -0.1) is 6.58 Å². The molecule has 0 aromatic rings. The minimum atomic E-state index is 0.961. The molecule has 1 saturated heterocycles. The third-order valence-electron chi connectivity index (χ3n) is 2.50. The van der Waals surface area contributed by atoms with E-state index in [2.05, 4.69) is 11.5 Å². The average Bonchev–Trinajstić information content (AvgIpc) is 2.54. The van der Waals surface area contributed by atoms with Crippen molar-refractivity contribution in [2.24, 2.45) is 5.92 Å². The molecule has 2 aliphatic rings. The van der Waals surface area contributed by atoms with Gasteiger partial charge in [0.05, 0.1) is 0 Å². The molecule has 0 spiro atoms. The van der Waals surface area contributed by atoms with Crippen LogP contribution in [0.2, 0.25) is 0 Å². The quantitative estimate of drug-likeness (QED) is 0.500. The molecule has 0 aromatic carbocycles. The summed E-state index contributed by atoms with van der Waals surface area (Å²) in [7, 11) is 0. The molecule has 9 heavy (non-hydrogen) atoms. The Hall–Kier alpha value is -0.300. The summed E-state index contributed by atoms with van der Waals surface area (Å²) in [6.45, 7) is 6.17. The highest BCUT2D eigenvalue weighted by atomic mass is 15.2. The second-order valence-corrected chi connectivity index (χ2v) is 3.14. The topological polar surface area (TPSA) is 3.24 Å². The lowest BCUT2D eigenvalue weighted by molar-refractivity contribution is 0.333. The van der Waals surface area contributed by atoms with E-state index in [1.807, 2.05) is 6.08 Å². The van der Waals surface area contributed by atoms with E-state index in [0.29, 0.717) is 0 Å². The summed E-state index contributed by atoms with van der Waals surface area (Å²) < 4.78 is 0. The van der Waals surface area contributed by atoms with Crippen molar-refractivity contribution in [3.63, 3.8) is 0 Å². The standard InChI is InChI=1S/C8H13N/c1-2-4-9-5-3-7-6-8(7)9/h2,7-8H,1,3-6H2. The molecular weight excluding hydrogens is 110 g/mol. The minimum Gasteiger partial charge on any atom is -0.296 e. The van der Waals surface area contributed by atoms with Crippen molar-refractivity contribution >= 4 is 0 Å². The zero-order valence-electron chi connectivity index (χ0n) is 5.71. The van der Waals surface area contributed by atoms with Crippen molar-refractivity contribution in [3.8, 4) is 0 Å². The first-order chi connectivity index (χ1) is 4.42. The van der Waals surface area contributed by atoms with Gasteiger partial charge in [0.2, 0.25) is 0 Å². The summed E-state index contributed by atoms with van der Waals surface area (Å²) in [5, 5.41) is 0. The second-order valence-electron chi connectivity index (χ2n) is 3.14. The van der Waals surface area contributed by atoms with Crippen LogP contribution in [0.4, 0.5) is 0 Å². The van der Waals surface area contributed by atoms with Crippen molar-refractivity contribution in [1.29, 1.82) is 0 Å². The van der Waals surface area contributed by atoms with E-state index >= 15 is 0 Å². The van der Waals surface area contributed by atoms with Crippen LogP contribution >= 0.6 is 0 Å². The van der Waals surface area contributed by atoms with E-state index in [1.165, 1.54) is 19.4 Å². The normalized spacial score (nSPS) is 40.4. The summed E-state index contributed by atoms with van der Waals surface area (Å²) >= 11 is 0. The molecule has 1 aliphatic heterocycles. The summed E-state index contributed by atoms with van der Waals surface area (Å²) in [5.74, 6) is 1.07. The van der Waals surface area contributed by atoms with E-state index in [4.69, 9.17) is 0 Å². The third-order valence-corrected chi connectivity index (χ3v) is 2.50. The fourth-order valence-electron chi connectivity index (χ4n) is 1.88. The predicted molar refractivity (Wildman–Crippen MR) is 38.3 cm³/mol. The Morgan fingerprint density at radius 1 is 1.67 bits per heavy atom. The molecule has 50 valence electrons. The first-order valence-corrected chi connectivity index (χ1v) is 3.77. The summed E-state index contributed by atoms with van der Waals surface area (Å²) in [4.78, 5) is 2.54. The first kappa shape index (κ1) is 5.48. The van der Waals surface area contributed by atoms with Crippen molar-refractivity contribution in [1.82, 2.24) is 4.90 Å². The molecule has 0 radical (unpaired) electrons. The predicted octanol–water partition coefficient (Wildman–Crippen LogP) is 1.27. The average molecular weight is 123 g/mol. The van der Waals surface area contributed by atoms with E-state index in [9.17, 15) is 0 Å². The van der Waals surface area contributed by atoms with Crippen LogP contribution in [0.15, 0.2) is 12.7 Å². The van der Waals surface area contributed by atoms with Crippen LogP contribution < -0.4 is 0 Å². The number of likely N-dealkylation sites (tertiary alicyclic amines) is 1. The van der Waals surface area contributed by atoms with Crippen LogP contribution in [0, 0.1) is 5.92 Å². The maximum absolute atomic E-state index is 3.74. The Morgan fingerprint density at radius 3 is 3.00 bits per heavy atom. The van der Waals surface area contributed by atoms with Crippen LogP contribution in [-0.4, -0.2) is 24.0 Å². The maximum Gasteiger partial charge on any atom is 0.0163 e. The Kier molecular flexibility index (Phi) is 1.12. The smallest absolute Gasteiger partial charge is 0.0163 e. The minimum absolute atomic E-state index is 0.961. The van der Waals surface area contributed by atoms with Gasteiger partial charge in [-0.25, -0.2) is 0 Å². The molecule has 0 aromatic heterocycles. The van der Waals surface area contributed by atoms with Gasteiger partial charge >= 0.3 is 0 Å². The van der Waals surface area contributed by atoms with Crippen molar-refractivity contribution in [3.05, 3.63) is 12.7 Å². The number of fused-ring (bicyclic) bond motifs is 1. The number of nitrogens with zero attached hydrogens (tertiary/aromatic N) is 1. The number of hydrogen-bond donors (Lipinski definition) is 0. The first-order valence-electron chi connectivity index (χ1n) is 3.77. The van der Waals surface area contributed by atoms with Crippen LogP contribution in [0.5, 0.6) is 0 Å². The largest absolute Gasteiger partial charge is 0.296 e. The van der Waals surface area contributed by atoms with Crippen LogP contribution in [0.1, 0.15) is 12.8 Å². The van der Waals surface area contributed by atoms with Gasteiger partial charge in [-0.1, -0.05) is 6.08 Å². The summed E-state index contributed by atoms with van der Waals surface area (Å²) in [6.07, 6.45) is 4.92. The number of rotatable bonds is 2. The molecule has 2 rings (SSSR count). The van der Waals surface area contributed by atoms with E-state index in [1.54, 1.807) is 0 Å². The molecule has 2 fully saturated rings. The van der Waals surface area contributed by atoms with Crippen molar-refractivity contribution in [2.45, 2.75) is 18.9 Å². The van der Waals surface area contributed by atoms with Gasteiger partial charge in [-0.2, -0.15) is 0 Å². The SMILES string of the molecule is C=CCN1CCC2CC21. The van der Waals surface area contributed by atoms with E-state index in [0.717, 1.165) is 18.5 Å². The third kappa shape index (κ3) is 0.799. The van der Waals surface area contributed by atoms with Crippen LogP contribution in [0.3, 0.4) is 0 Å². The number of hydrogen-bond acceptors (Lipinski definition) is 1. The lowest BCUT2D eigenvalue weighted by Gasteiger charge is -2.13. The molecule has 2 unspecified atom stereocenters. The highest BCUT2D eigenvalue weighted by Gasteiger charge is 2.45. The lowest BCUT2D eigenvalue weighted by Crippen LogP contribution is -2.22. The van der Waals surface area contributed by atoms with Crippen molar-refractivity contribution in [2.75, 3.05) is 13.1 Å². The Labute approximate surface area is 56.4 Å². The Balaban J connectivity index is 1.90. The van der Waals surface area contributed by atoms with Gasteiger partial charge in [0, 0.05) is 12.6 Å². The highest BCUT2D eigenvalue weighted by Crippen LogP contribution is 2.43. The summed E-state index contributed by atoms with van der Waals surface area (Å²) in [5.41, 5.74) is 0. The van der Waals surface area contributed by atoms with Crippen LogP contribution in [-0.2, 0) is 0 Å². The fraction of sp³-hybridized carbons (Fsp3) is 0.750. The molecule has 1 nitrogen and oxygen atoms in total. The zero-order valence-corrected chi connectivity index (χ0v) is 5.71. The second kappa shape index (κ2) is 1.84. The highest BCUT2D eigenvalue weighted by molar-refractivity contribution is 5.02. The molecule has 2 atom stereocenters. The van der Waals surface area contributed by atoms with Gasteiger partial charge in [0.1, 0.15) is 0 Å². The Morgan fingerprint density at radius 2 is 2.56 bits per heavy atom. The van der Waals surface area contributed by atoms with Crippen LogP contribution in [0.25, 0.3) is 0 Å². The molecule has 1 saturated carbocycles. The van der Waals surface area contributed by atoms with Gasteiger partial charge in [0.15, 0.2) is 0 Å². The lowest BCUT2D eigenvalue weighted by atomic mass is 10.3. The van der Waals surface area contributed by atoms with Gasteiger partial charge < -0.3 is 0 Å². The molecule has 1 heterocycles. The molecule has 1 aliphatic carbocycles. The molecule has 0 N–H and O–H groups in total. The maximum atomic E-state index is 3.74. The van der Waals surface area contributed by atoms with E-state index in [-0.39, 0.29) is 0 Å². The van der Waals surface area contributed by atoms with E-state index < -0.39 is 0 Å². The Bertz CT molecular complexity index is 131. The zero-order chi connectivity index (χ0) is 6.27. The van der Waals surface area contributed by atoms with Crippen molar-refractivity contribution < 1.29 is 0 Å². The monoisotopic (exact) mass is 123 g/mol. The fourth-order valence-corrected chi connectivity index (χ4v) is 1.88. The summed E-state index contributed by atoms with van der Waals surface area (Å²) in [6, 6.07) is 0.961. The van der Waals surface area contributed by atoms with Gasteiger partial charge in [-0.3, -0.25) is 4.90 Å². The molecule has 0 bridgehead atoms. The number of piperidine rings is 1. The van der Waals surface area contributed by atoms with Gasteiger partial charge in [-0.05, 0) is 25.3 Å². The molecular formula is C8H13N.